The summed E-state index contributed by atoms with van der Waals surface area (Å²) in [7, 11) is 0. The van der Waals surface area contributed by atoms with Crippen molar-refractivity contribution in [2.45, 2.75) is 90.9 Å². The highest BCUT2D eigenvalue weighted by molar-refractivity contribution is 5.88. The van der Waals surface area contributed by atoms with Crippen LogP contribution in [0.2, 0.25) is 0 Å². The topological polar surface area (TPSA) is 70.2 Å². The number of halogens is 1. The molecule has 2 atom stereocenters. The molecule has 28 heavy (non-hydrogen) atoms. The molecular weight excluding hydrogens is 374 g/mol. The van der Waals surface area contributed by atoms with E-state index in [1.54, 1.807) is 0 Å². The monoisotopic (exact) mass is 417 g/mol. The van der Waals surface area contributed by atoms with Gasteiger partial charge in [-0.05, 0) is 12.8 Å². The molecule has 1 aliphatic rings. The number of hydrogen-bond donors (Lipinski definition) is 3. The van der Waals surface area contributed by atoms with E-state index >= 15 is 0 Å². The third-order valence-electron chi connectivity index (χ3n) is 5.55. The largest absolute Gasteiger partial charge is 0.356 e. The number of amides is 2. The molecule has 1 aliphatic heterocycles. The first kappa shape index (κ1) is 27.2. The van der Waals surface area contributed by atoms with Gasteiger partial charge < -0.3 is 16.0 Å². The van der Waals surface area contributed by atoms with Crippen molar-refractivity contribution >= 4 is 24.2 Å². The van der Waals surface area contributed by atoms with E-state index in [4.69, 9.17) is 0 Å². The number of unbranched alkanes of at least 4 members (excludes halogenated alkanes) is 10. The standard InChI is InChI=1S/C22H43N3O2.ClH/c1-3-5-7-9-11-13-15-24-21(26)19-17-23-18-20(19)22(27)25-16-14-12-10-8-6-4-2;/h19-20,23H,3-18H2,1-2H3,(H,24,26)(H,25,27);1H/t19-,20-;/m1./s1. The maximum atomic E-state index is 12.4. The molecule has 2 amide bonds. The Balaban J connectivity index is 0.00000729. The molecule has 0 aromatic heterocycles. The van der Waals surface area contributed by atoms with Gasteiger partial charge in [0.05, 0.1) is 11.8 Å². The van der Waals surface area contributed by atoms with Gasteiger partial charge in [-0.15, -0.1) is 12.4 Å². The highest BCUT2D eigenvalue weighted by Gasteiger charge is 2.37. The Kier molecular flexibility index (Phi) is 17.7. The van der Waals surface area contributed by atoms with Crippen molar-refractivity contribution in [3.8, 4) is 0 Å². The third-order valence-corrected chi connectivity index (χ3v) is 5.55. The van der Waals surface area contributed by atoms with Gasteiger partial charge in [0, 0.05) is 26.2 Å². The molecule has 5 nitrogen and oxygen atoms in total. The van der Waals surface area contributed by atoms with Crippen molar-refractivity contribution in [3.63, 3.8) is 0 Å². The van der Waals surface area contributed by atoms with Crippen LogP contribution in [0.4, 0.5) is 0 Å². The molecular formula is C22H44ClN3O2. The number of hydrogen-bond acceptors (Lipinski definition) is 3. The van der Waals surface area contributed by atoms with Gasteiger partial charge in [-0.2, -0.15) is 0 Å². The van der Waals surface area contributed by atoms with Crippen molar-refractivity contribution < 1.29 is 9.59 Å². The summed E-state index contributed by atoms with van der Waals surface area (Å²) in [4.78, 5) is 24.9. The maximum absolute atomic E-state index is 12.4. The molecule has 0 saturated carbocycles. The van der Waals surface area contributed by atoms with Crippen molar-refractivity contribution in [2.75, 3.05) is 26.2 Å². The highest BCUT2D eigenvalue weighted by atomic mass is 35.5. The van der Waals surface area contributed by atoms with Crippen molar-refractivity contribution in [2.24, 2.45) is 11.8 Å². The molecule has 0 unspecified atom stereocenters. The molecule has 0 aromatic rings. The predicted octanol–water partition coefficient (Wildman–Crippen LogP) is 4.20. The molecule has 0 radical (unpaired) electrons. The lowest BCUT2D eigenvalue weighted by Crippen LogP contribution is -2.42. The Morgan fingerprint density at radius 1 is 0.679 bits per heavy atom. The van der Waals surface area contributed by atoms with Gasteiger partial charge >= 0.3 is 0 Å². The summed E-state index contributed by atoms with van der Waals surface area (Å²) in [5.74, 6) is -0.383. The number of rotatable bonds is 16. The van der Waals surface area contributed by atoms with Gasteiger partial charge in [-0.25, -0.2) is 0 Å². The van der Waals surface area contributed by atoms with Gasteiger partial charge in [-0.1, -0.05) is 78.1 Å². The smallest absolute Gasteiger partial charge is 0.225 e. The van der Waals surface area contributed by atoms with Gasteiger partial charge in [0.15, 0.2) is 0 Å². The first-order valence-electron chi connectivity index (χ1n) is 11.5. The first-order chi connectivity index (χ1) is 13.2. The SMILES string of the molecule is CCCCCCCCNC(=O)[C@@H]1CNC[C@H]1C(=O)NCCCCCCCC.Cl. The van der Waals surface area contributed by atoms with Gasteiger partial charge in [-0.3, -0.25) is 9.59 Å². The Bertz CT molecular complexity index is 371. The van der Waals surface area contributed by atoms with Crippen molar-refractivity contribution in [1.82, 2.24) is 16.0 Å². The zero-order chi connectivity index (χ0) is 19.7. The predicted molar refractivity (Wildman–Crippen MR) is 120 cm³/mol. The molecule has 1 saturated heterocycles. The molecule has 1 heterocycles. The van der Waals surface area contributed by atoms with E-state index in [0.717, 1.165) is 25.9 Å². The fourth-order valence-electron chi connectivity index (χ4n) is 3.73. The molecule has 6 heteroatoms. The summed E-state index contributed by atoms with van der Waals surface area (Å²) in [5, 5.41) is 9.29. The van der Waals surface area contributed by atoms with Crippen LogP contribution in [0.5, 0.6) is 0 Å². The van der Waals surface area contributed by atoms with Crippen LogP contribution in [0, 0.1) is 11.8 Å². The minimum atomic E-state index is -0.227. The van der Waals surface area contributed by atoms with Gasteiger partial charge in [0.2, 0.25) is 11.8 Å². The average Bonchev–Trinajstić information content (AvgIpc) is 3.16. The highest BCUT2D eigenvalue weighted by Crippen LogP contribution is 2.17. The van der Waals surface area contributed by atoms with E-state index < -0.39 is 0 Å². The second-order valence-electron chi connectivity index (χ2n) is 7.99. The van der Waals surface area contributed by atoms with Crippen molar-refractivity contribution in [1.29, 1.82) is 0 Å². The average molecular weight is 418 g/mol. The van der Waals surface area contributed by atoms with E-state index in [1.165, 1.54) is 64.2 Å². The van der Waals surface area contributed by atoms with Crippen molar-refractivity contribution in [3.05, 3.63) is 0 Å². The first-order valence-corrected chi connectivity index (χ1v) is 11.5. The Morgan fingerprint density at radius 2 is 1.04 bits per heavy atom. The minimum absolute atomic E-state index is 0. The molecule has 0 aromatic carbocycles. The van der Waals surface area contributed by atoms with Crippen LogP contribution in [-0.4, -0.2) is 38.0 Å². The molecule has 1 fully saturated rings. The molecule has 0 spiro atoms. The van der Waals surface area contributed by atoms with Crippen LogP contribution in [0.3, 0.4) is 0 Å². The van der Waals surface area contributed by atoms with Crippen LogP contribution in [0.25, 0.3) is 0 Å². The number of nitrogens with one attached hydrogen (secondary N) is 3. The Morgan fingerprint density at radius 3 is 1.43 bits per heavy atom. The molecule has 3 N–H and O–H groups in total. The second-order valence-corrected chi connectivity index (χ2v) is 7.99. The maximum Gasteiger partial charge on any atom is 0.225 e. The summed E-state index contributed by atoms with van der Waals surface area (Å²) >= 11 is 0. The van der Waals surface area contributed by atoms with Crippen LogP contribution in [0.1, 0.15) is 90.9 Å². The normalized spacial score (nSPS) is 18.5. The lowest BCUT2D eigenvalue weighted by molar-refractivity contribution is -0.132. The van der Waals surface area contributed by atoms with Gasteiger partial charge in [0.1, 0.15) is 0 Å². The van der Waals surface area contributed by atoms with Crippen LogP contribution in [-0.2, 0) is 9.59 Å². The fourth-order valence-corrected chi connectivity index (χ4v) is 3.73. The minimum Gasteiger partial charge on any atom is -0.356 e. The fraction of sp³-hybridized carbons (Fsp3) is 0.909. The number of carbonyl (C=O) groups excluding carboxylic acids is 2. The summed E-state index contributed by atoms with van der Waals surface area (Å²) in [6.45, 7) is 7.11. The zero-order valence-corrected chi connectivity index (χ0v) is 19.0. The van der Waals surface area contributed by atoms with Gasteiger partial charge in [0.25, 0.3) is 0 Å². The summed E-state index contributed by atoms with van der Waals surface area (Å²) in [6.07, 6.45) is 14.6. The number of carbonyl (C=O) groups is 2. The van der Waals surface area contributed by atoms with E-state index in [1.807, 2.05) is 0 Å². The quantitative estimate of drug-likeness (QED) is 0.329. The molecule has 0 aliphatic carbocycles. The summed E-state index contributed by atoms with van der Waals surface area (Å²) < 4.78 is 0. The lowest BCUT2D eigenvalue weighted by atomic mass is 9.94. The Labute approximate surface area is 179 Å². The van der Waals surface area contributed by atoms with Crippen LogP contribution >= 0.6 is 12.4 Å². The van der Waals surface area contributed by atoms with Crippen LogP contribution in [0.15, 0.2) is 0 Å². The summed E-state index contributed by atoms with van der Waals surface area (Å²) in [5.41, 5.74) is 0. The van der Waals surface area contributed by atoms with E-state index in [0.29, 0.717) is 13.1 Å². The molecule has 166 valence electrons. The zero-order valence-electron chi connectivity index (χ0n) is 18.2. The summed E-state index contributed by atoms with van der Waals surface area (Å²) in [6, 6.07) is 0. The van der Waals surface area contributed by atoms with Crippen LogP contribution < -0.4 is 16.0 Å². The van der Waals surface area contributed by atoms with E-state index in [2.05, 4.69) is 29.8 Å². The molecule has 0 bridgehead atoms. The second kappa shape index (κ2) is 18.2. The molecule has 1 rings (SSSR count). The van der Waals surface area contributed by atoms with E-state index in [9.17, 15) is 9.59 Å². The van der Waals surface area contributed by atoms with E-state index in [-0.39, 0.29) is 36.1 Å². The Hall–Kier alpha value is -0.810. The third kappa shape index (κ3) is 11.9. The lowest BCUT2D eigenvalue weighted by Gasteiger charge is -2.18.